The Bertz CT molecular complexity index is 506. The van der Waals surface area contributed by atoms with Crippen molar-refractivity contribution in [2.75, 3.05) is 0 Å². The zero-order valence-electron chi connectivity index (χ0n) is 11.2. The Morgan fingerprint density at radius 3 is 2.56 bits per heavy atom. The highest BCUT2D eigenvalue weighted by Gasteiger charge is 2.21. The van der Waals surface area contributed by atoms with Gasteiger partial charge in [-0.1, -0.05) is 13.8 Å². The van der Waals surface area contributed by atoms with Crippen LogP contribution in [0.15, 0.2) is 10.9 Å². The van der Waals surface area contributed by atoms with Crippen molar-refractivity contribution < 1.29 is 4.79 Å². The van der Waals surface area contributed by atoms with E-state index in [1.54, 1.807) is 6.07 Å². The maximum atomic E-state index is 12.1. The number of rotatable bonds is 4. The molecule has 1 heterocycles. The Morgan fingerprint density at radius 1 is 1.44 bits per heavy atom. The minimum atomic E-state index is -0.323. The highest BCUT2D eigenvalue weighted by molar-refractivity contribution is 14.1. The minimum Gasteiger partial charge on any atom is -0.347 e. The fourth-order valence-electron chi connectivity index (χ4n) is 1.43. The lowest BCUT2D eigenvalue weighted by Crippen LogP contribution is -2.44. The molecule has 0 aliphatic rings. The minimum absolute atomic E-state index is 0.179. The third-order valence-corrected chi connectivity index (χ3v) is 3.96. The Hall–Kier alpha value is -0.850. The van der Waals surface area contributed by atoms with Gasteiger partial charge in [-0.25, -0.2) is 0 Å². The molecule has 2 N–H and O–H groups in total. The average Bonchev–Trinajstić information content (AvgIpc) is 2.30. The number of aromatic amines is 1. The average molecular weight is 362 g/mol. The van der Waals surface area contributed by atoms with Crippen LogP contribution in [0.1, 0.15) is 50.2 Å². The van der Waals surface area contributed by atoms with E-state index in [4.69, 9.17) is 0 Å². The van der Waals surface area contributed by atoms with Crippen LogP contribution in [0, 0.1) is 3.57 Å². The maximum Gasteiger partial charge on any atom is 0.261 e. The van der Waals surface area contributed by atoms with E-state index >= 15 is 0 Å². The van der Waals surface area contributed by atoms with Crippen molar-refractivity contribution in [1.29, 1.82) is 0 Å². The summed E-state index contributed by atoms with van der Waals surface area (Å²) in [5.74, 6) is -0.316. The molecule has 1 amide bonds. The number of aryl methyl sites for hydroxylation is 1. The van der Waals surface area contributed by atoms with Crippen LogP contribution in [0.5, 0.6) is 0 Å². The van der Waals surface area contributed by atoms with E-state index in [-0.39, 0.29) is 22.6 Å². The number of carbonyl (C=O) groups is 1. The molecule has 0 aliphatic heterocycles. The van der Waals surface area contributed by atoms with Crippen LogP contribution in [-0.4, -0.2) is 16.4 Å². The van der Waals surface area contributed by atoms with Gasteiger partial charge < -0.3 is 10.3 Å². The number of carbonyl (C=O) groups excluding carboxylic acids is 1. The quantitative estimate of drug-likeness (QED) is 0.809. The molecule has 4 nitrogen and oxygen atoms in total. The van der Waals surface area contributed by atoms with Crippen LogP contribution < -0.4 is 10.9 Å². The molecule has 1 aromatic rings. The molecule has 1 rings (SSSR count). The van der Waals surface area contributed by atoms with Gasteiger partial charge in [0.05, 0.1) is 0 Å². The van der Waals surface area contributed by atoms with Gasteiger partial charge >= 0.3 is 0 Å². The summed E-state index contributed by atoms with van der Waals surface area (Å²) in [6.45, 7) is 7.83. The van der Waals surface area contributed by atoms with E-state index in [1.165, 1.54) is 0 Å². The molecule has 0 fully saturated rings. The Balaban J connectivity index is 3.08. The zero-order valence-corrected chi connectivity index (χ0v) is 13.3. The number of pyridine rings is 1. The lowest BCUT2D eigenvalue weighted by atomic mass is 10.0. The van der Waals surface area contributed by atoms with Crippen LogP contribution in [0.2, 0.25) is 0 Å². The topological polar surface area (TPSA) is 62.0 Å². The first-order valence-corrected chi connectivity index (χ1v) is 7.12. The van der Waals surface area contributed by atoms with E-state index < -0.39 is 0 Å². The Kier molecular flexibility index (Phi) is 4.95. The normalized spacial score (nSPS) is 11.4. The highest BCUT2D eigenvalue weighted by atomic mass is 127. The first-order valence-electron chi connectivity index (χ1n) is 6.05. The maximum absolute atomic E-state index is 12.1. The van der Waals surface area contributed by atoms with Crippen LogP contribution >= 0.6 is 22.6 Å². The second kappa shape index (κ2) is 5.86. The summed E-state index contributed by atoms with van der Waals surface area (Å²) in [6.07, 6.45) is 1.55. The predicted octanol–water partition coefficient (Wildman–Crippen LogP) is 2.46. The Morgan fingerprint density at radius 2 is 2.06 bits per heavy atom. The molecule has 1 aromatic heterocycles. The van der Waals surface area contributed by atoms with E-state index in [9.17, 15) is 9.59 Å². The van der Waals surface area contributed by atoms with E-state index in [0.717, 1.165) is 22.1 Å². The lowest BCUT2D eigenvalue weighted by Gasteiger charge is -2.24. The summed E-state index contributed by atoms with van der Waals surface area (Å²) < 4.78 is 0.911. The zero-order chi connectivity index (χ0) is 13.9. The third-order valence-electron chi connectivity index (χ3n) is 3.00. The van der Waals surface area contributed by atoms with Gasteiger partial charge in [0, 0.05) is 14.8 Å². The number of H-pyrrole nitrogens is 1. The molecular formula is C13H19IN2O2. The fourth-order valence-corrected chi connectivity index (χ4v) is 2.26. The smallest absolute Gasteiger partial charge is 0.261 e. The van der Waals surface area contributed by atoms with Crippen molar-refractivity contribution in [2.45, 2.75) is 46.1 Å². The first kappa shape index (κ1) is 15.2. The van der Waals surface area contributed by atoms with Crippen LogP contribution in [0.25, 0.3) is 0 Å². The van der Waals surface area contributed by atoms with Gasteiger partial charge in [-0.3, -0.25) is 9.59 Å². The van der Waals surface area contributed by atoms with E-state index in [0.29, 0.717) is 0 Å². The van der Waals surface area contributed by atoms with E-state index in [1.807, 2.05) is 27.7 Å². The summed E-state index contributed by atoms with van der Waals surface area (Å²) >= 11 is 2.13. The Labute approximate surface area is 121 Å². The van der Waals surface area contributed by atoms with Crippen molar-refractivity contribution >= 4 is 28.5 Å². The van der Waals surface area contributed by atoms with Gasteiger partial charge in [0.2, 0.25) is 0 Å². The molecule has 0 bridgehead atoms. The second-order valence-electron chi connectivity index (χ2n) is 4.88. The third kappa shape index (κ3) is 3.57. The molecule has 0 saturated carbocycles. The van der Waals surface area contributed by atoms with Crippen molar-refractivity contribution in [3.63, 3.8) is 0 Å². The molecule has 0 unspecified atom stereocenters. The summed E-state index contributed by atoms with van der Waals surface area (Å²) in [4.78, 5) is 26.7. The highest BCUT2D eigenvalue weighted by Crippen LogP contribution is 2.12. The summed E-state index contributed by atoms with van der Waals surface area (Å²) in [7, 11) is 0. The molecule has 0 radical (unpaired) electrons. The standard InChI is InChI=1S/C13H19IN2O2/c1-5-10-9(14)7-8(11(17)15-10)12(18)16-13(3,4)6-2/h7H,5-6H2,1-4H3,(H,15,17)(H,16,18). The molecule has 18 heavy (non-hydrogen) atoms. The lowest BCUT2D eigenvalue weighted by molar-refractivity contribution is 0.0909. The summed E-state index contributed by atoms with van der Waals surface area (Å²) in [5, 5.41) is 2.87. The monoisotopic (exact) mass is 362 g/mol. The number of aromatic nitrogens is 1. The molecule has 100 valence electrons. The molecular weight excluding hydrogens is 343 g/mol. The van der Waals surface area contributed by atoms with Gasteiger partial charge in [0.25, 0.3) is 11.5 Å². The fraction of sp³-hybridized carbons (Fsp3) is 0.538. The van der Waals surface area contributed by atoms with Crippen LogP contribution in [-0.2, 0) is 6.42 Å². The molecule has 0 aromatic carbocycles. The predicted molar refractivity (Wildman–Crippen MR) is 81.0 cm³/mol. The number of hydrogen-bond acceptors (Lipinski definition) is 2. The number of amides is 1. The molecule has 5 heteroatoms. The summed E-state index contributed by atoms with van der Waals surface area (Å²) in [5.41, 5.74) is 0.417. The summed E-state index contributed by atoms with van der Waals surface area (Å²) in [6, 6.07) is 1.65. The molecule has 0 saturated heterocycles. The first-order chi connectivity index (χ1) is 8.30. The molecule has 0 aliphatic carbocycles. The van der Waals surface area contributed by atoms with Gasteiger partial charge in [-0.15, -0.1) is 0 Å². The van der Waals surface area contributed by atoms with Crippen molar-refractivity contribution in [1.82, 2.24) is 10.3 Å². The van der Waals surface area contributed by atoms with Gasteiger partial charge in [0.1, 0.15) is 5.56 Å². The van der Waals surface area contributed by atoms with Gasteiger partial charge in [-0.05, 0) is 55.3 Å². The second-order valence-corrected chi connectivity index (χ2v) is 6.05. The van der Waals surface area contributed by atoms with Gasteiger partial charge in [0.15, 0.2) is 0 Å². The number of nitrogens with one attached hydrogen (secondary N) is 2. The van der Waals surface area contributed by atoms with Crippen molar-refractivity contribution in [2.24, 2.45) is 0 Å². The number of hydrogen-bond donors (Lipinski definition) is 2. The van der Waals surface area contributed by atoms with Crippen molar-refractivity contribution in [3.8, 4) is 0 Å². The van der Waals surface area contributed by atoms with Gasteiger partial charge in [-0.2, -0.15) is 0 Å². The van der Waals surface area contributed by atoms with Crippen LogP contribution in [0.4, 0.5) is 0 Å². The van der Waals surface area contributed by atoms with Crippen molar-refractivity contribution in [3.05, 3.63) is 31.2 Å². The van der Waals surface area contributed by atoms with Crippen LogP contribution in [0.3, 0.4) is 0 Å². The SMILES string of the molecule is CCc1[nH]c(=O)c(C(=O)NC(C)(C)CC)cc1I. The largest absolute Gasteiger partial charge is 0.347 e. The molecule has 0 atom stereocenters. The molecule has 0 spiro atoms. The van der Waals surface area contributed by atoms with E-state index in [2.05, 4.69) is 32.9 Å². The number of halogens is 1.